The molecule has 2 N–H and O–H groups in total. The summed E-state index contributed by atoms with van der Waals surface area (Å²) in [5.41, 5.74) is 8.89. The number of fused-ring (bicyclic) bond motifs is 1. The first-order chi connectivity index (χ1) is 13.4. The summed E-state index contributed by atoms with van der Waals surface area (Å²) in [6.07, 6.45) is 4.92. The summed E-state index contributed by atoms with van der Waals surface area (Å²) in [6.45, 7) is 5.71. The number of likely N-dealkylation sites (tertiary alicyclic amines) is 1. The molecule has 3 aromatic rings. The van der Waals surface area contributed by atoms with E-state index in [0.29, 0.717) is 6.54 Å². The molecule has 1 saturated heterocycles. The fraction of sp³-hybridized carbons (Fsp3) is 0.364. The molecule has 0 aliphatic carbocycles. The van der Waals surface area contributed by atoms with Crippen LogP contribution < -0.4 is 5.73 Å². The number of thioether (sulfide) groups is 1. The summed E-state index contributed by atoms with van der Waals surface area (Å²) in [5.74, 6) is 0.893. The highest BCUT2D eigenvalue weighted by Crippen LogP contribution is 2.29. The number of rotatable bonds is 4. The van der Waals surface area contributed by atoms with Crippen LogP contribution in [0.15, 0.2) is 59.8 Å². The van der Waals surface area contributed by atoms with Gasteiger partial charge in [0.25, 0.3) is 5.91 Å². The molecular formula is C22H26N4OS. The van der Waals surface area contributed by atoms with Gasteiger partial charge in [0.2, 0.25) is 0 Å². The van der Waals surface area contributed by atoms with Gasteiger partial charge in [-0.15, -0.1) is 11.8 Å². The molecular weight excluding hydrogens is 368 g/mol. The predicted octanol–water partition coefficient (Wildman–Crippen LogP) is 3.83. The van der Waals surface area contributed by atoms with Gasteiger partial charge in [0.1, 0.15) is 5.65 Å². The topological polar surface area (TPSA) is 63.6 Å². The summed E-state index contributed by atoms with van der Waals surface area (Å²) in [6, 6.07) is 14.0. The van der Waals surface area contributed by atoms with Crippen LogP contribution >= 0.6 is 11.8 Å². The molecule has 1 amide bonds. The molecule has 1 aliphatic rings. The van der Waals surface area contributed by atoms with Gasteiger partial charge < -0.3 is 15.0 Å². The van der Waals surface area contributed by atoms with E-state index in [9.17, 15) is 4.79 Å². The van der Waals surface area contributed by atoms with Crippen LogP contribution in [0.25, 0.3) is 5.65 Å². The number of carbonyl (C=O) groups excluding carboxylic acids is 1. The van der Waals surface area contributed by atoms with Crippen LogP contribution in [0.1, 0.15) is 36.3 Å². The molecule has 1 fully saturated rings. The molecule has 6 heteroatoms. The fourth-order valence-electron chi connectivity index (χ4n) is 3.64. The van der Waals surface area contributed by atoms with Crippen LogP contribution in [-0.2, 0) is 5.75 Å². The molecule has 0 bridgehead atoms. The van der Waals surface area contributed by atoms with Crippen LogP contribution in [0.5, 0.6) is 0 Å². The predicted molar refractivity (Wildman–Crippen MR) is 113 cm³/mol. The van der Waals surface area contributed by atoms with Gasteiger partial charge in [-0.2, -0.15) is 0 Å². The molecule has 3 heterocycles. The maximum absolute atomic E-state index is 12.8. The summed E-state index contributed by atoms with van der Waals surface area (Å²) < 4.78 is 2.03. The van der Waals surface area contributed by atoms with E-state index in [4.69, 9.17) is 5.73 Å². The molecule has 1 atom stereocenters. The molecule has 146 valence electrons. The molecule has 0 saturated carbocycles. The second-order valence-corrected chi connectivity index (χ2v) is 9.17. The van der Waals surface area contributed by atoms with Crippen LogP contribution in [0, 0.1) is 5.41 Å². The molecule has 5 nitrogen and oxygen atoms in total. The first-order valence-electron chi connectivity index (χ1n) is 9.63. The van der Waals surface area contributed by atoms with E-state index >= 15 is 0 Å². The van der Waals surface area contributed by atoms with Crippen molar-refractivity contribution in [1.82, 2.24) is 14.3 Å². The van der Waals surface area contributed by atoms with Gasteiger partial charge in [-0.25, -0.2) is 4.98 Å². The Morgan fingerprint density at radius 2 is 2.04 bits per heavy atom. The van der Waals surface area contributed by atoms with E-state index in [1.807, 2.05) is 58.0 Å². The number of hydrogen-bond acceptors (Lipinski definition) is 4. The summed E-state index contributed by atoms with van der Waals surface area (Å²) in [7, 11) is 0. The van der Waals surface area contributed by atoms with Gasteiger partial charge in [-0.1, -0.05) is 19.9 Å². The Morgan fingerprint density at radius 3 is 2.75 bits per heavy atom. The Bertz CT molecular complexity index is 947. The normalized spacial score (nSPS) is 19.1. The lowest BCUT2D eigenvalue weighted by atomic mass is 9.79. The summed E-state index contributed by atoms with van der Waals surface area (Å²) in [4.78, 5) is 20.5. The first-order valence-corrected chi connectivity index (χ1v) is 10.6. The SMILES string of the molecule is CC1(C)CN(C(=O)c2ccc(SCc3cn4ccccc4n3)cc2)CCC1N. The Morgan fingerprint density at radius 1 is 1.25 bits per heavy atom. The molecule has 2 aromatic heterocycles. The van der Waals surface area contributed by atoms with Crippen molar-refractivity contribution in [2.24, 2.45) is 11.1 Å². The van der Waals surface area contributed by atoms with Gasteiger partial charge in [0.15, 0.2) is 0 Å². The molecule has 1 unspecified atom stereocenters. The highest BCUT2D eigenvalue weighted by molar-refractivity contribution is 7.98. The van der Waals surface area contributed by atoms with Crippen molar-refractivity contribution in [3.63, 3.8) is 0 Å². The van der Waals surface area contributed by atoms with Crippen LogP contribution in [0.3, 0.4) is 0 Å². The maximum Gasteiger partial charge on any atom is 0.253 e. The third-order valence-electron chi connectivity index (χ3n) is 5.50. The zero-order valence-corrected chi connectivity index (χ0v) is 17.2. The van der Waals surface area contributed by atoms with Gasteiger partial charge >= 0.3 is 0 Å². The van der Waals surface area contributed by atoms with Gasteiger partial charge in [0.05, 0.1) is 5.69 Å². The molecule has 0 spiro atoms. The number of nitrogens with two attached hydrogens (primary N) is 1. The average molecular weight is 395 g/mol. The minimum absolute atomic E-state index is 0.0439. The highest BCUT2D eigenvalue weighted by atomic mass is 32.2. The fourth-order valence-corrected chi connectivity index (χ4v) is 4.42. The lowest BCUT2D eigenvalue weighted by molar-refractivity contribution is 0.0533. The number of carbonyl (C=O) groups is 1. The summed E-state index contributed by atoms with van der Waals surface area (Å²) >= 11 is 1.73. The monoisotopic (exact) mass is 394 g/mol. The summed E-state index contributed by atoms with van der Waals surface area (Å²) in [5, 5.41) is 0. The van der Waals surface area contributed by atoms with Gasteiger partial charge in [-0.05, 0) is 48.2 Å². The minimum Gasteiger partial charge on any atom is -0.338 e. The van der Waals surface area contributed by atoms with Crippen molar-refractivity contribution in [2.75, 3.05) is 13.1 Å². The van der Waals surface area contributed by atoms with E-state index in [2.05, 4.69) is 25.0 Å². The molecule has 1 aliphatic heterocycles. The van der Waals surface area contributed by atoms with E-state index < -0.39 is 0 Å². The zero-order valence-electron chi connectivity index (χ0n) is 16.3. The third-order valence-corrected chi connectivity index (χ3v) is 6.55. The van der Waals surface area contributed by atoms with Crippen LogP contribution in [-0.4, -0.2) is 39.3 Å². The van der Waals surface area contributed by atoms with Crippen molar-refractivity contribution >= 4 is 23.3 Å². The van der Waals surface area contributed by atoms with E-state index in [1.54, 1.807) is 11.8 Å². The van der Waals surface area contributed by atoms with Crippen molar-refractivity contribution in [3.8, 4) is 0 Å². The van der Waals surface area contributed by atoms with Crippen molar-refractivity contribution in [1.29, 1.82) is 0 Å². The number of benzene rings is 1. The molecule has 4 rings (SSSR count). The Balaban J connectivity index is 1.38. The number of aromatic nitrogens is 2. The Hall–Kier alpha value is -2.31. The van der Waals surface area contributed by atoms with Crippen molar-refractivity contribution in [2.45, 2.75) is 37.0 Å². The standard InChI is InChI=1S/C22H26N4OS/c1-22(2)15-26(12-10-19(22)23)21(27)16-6-8-18(9-7-16)28-14-17-13-25-11-4-3-5-20(25)24-17/h3-9,11,13,19H,10,12,14-15,23H2,1-2H3. The molecule has 28 heavy (non-hydrogen) atoms. The van der Waals surface area contributed by atoms with Crippen LogP contribution in [0.2, 0.25) is 0 Å². The average Bonchev–Trinajstić information content (AvgIpc) is 3.11. The lowest BCUT2D eigenvalue weighted by Crippen LogP contribution is -2.53. The molecule has 0 radical (unpaired) electrons. The number of nitrogens with zero attached hydrogens (tertiary/aromatic N) is 3. The Kier molecular flexibility index (Phi) is 5.17. The van der Waals surface area contributed by atoms with Crippen molar-refractivity contribution in [3.05, 3.63) is 66.1 Å². The second-order valence-electron chi connectivity index (χ2n) is 8.12. The van der Waals surface area contributed by atoms with E-state index in [1.165, 1.54) is 0 Å². The lowest BCUT2D eigenvalue weighted by Gasteiger charge is -2.42. The van der Waals surface area contributed by atoms with E-state index in [-0.39, 0.29) is 17.4 Å². The quantitative estimate of drug-likeness (QED) is 0.683. The van der Waals surface area contributed by atoms with Gasteiger partial charge in [-0.3, -0.25) is 4.79 Å². The minimum atomic E-state index is -0.0439. The smallest absolute Gasteiger partial charge is 0.253 e. The van der Waals surface area contributed by atoms with E-state index in [0.717, 1.165) is 40.5 Å². The number of imidazole rings is 1. The van der Waals surface area contributed by atoms with Crippen LogP contribution in [0.4, 0.5) is 0 Å². The number of hydrogen-bond donors (Lipinski definition) is 1. The number of piperidine rings is 1. The van der Waals surface area contributed by atoms with Gasteiger partial charge in [0, 0.05) is 47.7 Å². The number of pyridine rings is 1. The Labute approximate surface area is 169 Å². The maximum atomic E-state index is 12.8. The van der Waals surface area contributed by atoms with Crippen molar-refractivity contribution < 1.29 is 4.79 Å². The second kappa shape index (κ2) is 7.60. The largest absolute Gasteiger partial charge is 0.338 e. The zero-order chi connectivity index (χ0) is 19.7. The highest BCUT2D eigenvalue weighted by Gasteiger charge is 2.35. The molecule has 1 aromatic carbocycles. The number of amides is 1. The third kappa shape index (κ3) is 3.93. The first kappa shape index (κ1) is 19.0.